The molecule has 26 heavy (non-hydrogen) atoms. The zero-order valence-corrected chi connectivity index (χ0v) is 14.9. The van der Waals surface area contributed by atoms with Crippen LogP contribution in [0.5, 0.6) is 0 Å². The van der Waals surface area contributed by atoms with E-state index in [1.165, 1.54) is 19.1 Å². The van der Waals surface area contributed by atoms with E-state index in [4.69, 9.17) is 0 Å². The molecule has 6 heteroatoms. The highest BCUT2D eigenvalue weighted by molar-refractivity contribution is 6.57. The van der Waals surface area contributed by atoms with E-state index in [-0.39, 0.29) is 0 Å². The molecule has 1 aromatic heterocycles. The molecule has 0 amide bonds. The van der Waals surface area contributed by atoms with Crippen LogP contribution in [0.15, 0.2) is 54.4 Å². The fourth-order valence-electron chi connectivity index (χ4n) is 3.77. The van der Waals surface area contributed by atoms with Crippen molar-refractivity contribution in [3.05, 3.63) is 71.4 Å². The van der Waals surface area contributed by atoms with Crippen molar-refractivity contribution >= 4 is 25.3 Å². The summed E-state index contributed by atoms with van der Waals surface area (Å²) in [5.41, 5.74) is 2.51. The number of hydrogen-bond acceptors (Lipinski definition) is 1. The van der Waals surface area contributed by atoms with Crippen LogP contribution in [-0.4, -0.2) is 40.1 Å². The van der Waals surface area contributed by atoms with Crippen molar-refractivity contribution in [2.75, 3.05) is 13.1 Å². The number of hydrogen-bond donors (Lipinski definition) is 0. The van der Waals surface area contributed by atoms with E-state index in [1.54, 1.807) is 18.2 Å². The van der Waals surface area contributed by atoms with Crippen molar-refractivity contribution in [3.8, 4) is 0 Å². The number of fused-ring (bicyclic) bond motifs is 2. The predicted molar refractivity (Wildman–Crippen MR) is 104 cm³/mol. The highest BCUT2D eigenvalue weighted by Crippen LogP contribution is 2.33. The second-order valence-electron chi connectivity index (χ2n) is 6.91. The zero-order chi connectivity index (χ0) is 18.1. The zero-order valence-electron chi connectivity index (χ0n) is 14.9. The highest BCUT2D eigenvalue weighted by atomic mass is 19.2. The first-order valence-electron chi connectivity index (χ1n) is 9.09. The summed E-state index contributed by atoms with van der Waals surface area (Å²) in [7, 11) is 0. The van der Waals surface area contributed by atoms with Crippen molar-refractivity contribution in [2.24, 2.45) is 0 Å². The maximum Gasteiger partial charge on any atom is 0.737 e. The molecule has 0 spiro atoms. The summed E-state index contributed by atoms with van der Waals surface area (Å²) < 4.78 is 32.2. The molecule has 3 nitrogen and oxygen atoms in total. The lowest BCUT2D eigenvalue weighted by Crippen LogP contribution is -2.49. The van der Waals surface area contributed by atoms with E-state index in [0.717, 1.165) is 27.6 Å². The Hall–Kier alpha value is -2.63. The first-order valence-corrected chi connectivity index (χ1v) is 9.09. The molecule has 0 aromatic carbocycles. The Kier molecular flexibility index (Phi) is 4.27. The standard InChI is InChI=1S/C20H22BF2N3/c1-17-15-19(9-4-2-3-5-11-24-12-6-7-13-24)26-20(17)16-18-10-8-14-25(18)21(26,22)23/h2-5,8-11,14-16H,6-7,12-13H2,1H3/b3-2+,9-4+,11-5+. The van der Waals surface area contributed by atoms with Gasteiger partial charge in [0.2, 0.25) is 0 Å². The van der Waals surface area contributed by atoms with Gasteiger partial charge in [-0.05, 0) is 49.7 Å². The predicted octanol–water partition coefficient (Wildman–Crippen LogP) is 4.21. The number of aryl methyl sites for hydroxylation is 1. The van der Waals surface area contributed by atoms with Crippen LogP contribution in [0.1, 0.15) is 29.8 Å². The van der Waals surface area contributed by atoms with Crippen LogP contribution in [0.4, 0.5) is 8.63 Å². The maximum atomic E-state index is 15.0. The molecule has 1 fully saturated rings. The van der Waals surface area contributed by atoms with Crippen LogP contribution in [0.2, 0.25) is 0 Å². The summed E-state index contributed by atoms with van der Waals surface area (Å²) in [6, 6.07) is 1.82. The largest absolute Gasteiger partial charge is 0.737 e. The molecule has 0 radical (unpaired) electrons. The molecule has 4 rings (SSSR count). The Morgan fingerprint density at radius 1 is 1.12 bits per heavy atom. The summed E-state index contributed by atoms with van der Waals surface area (Å²) in [5, 5.41) is 0. The number of allylic oxidation sites excluding steroid dienone is 6. The Morgan fingerprint density at radius 2 is 1.88 bits per heavy atom. The minimum atomic E-state index is -3.87. The molecular weight excluding hydrogens is 331 g/mol. The van der Waals surface area contributed by atoms with Gasteiger partial charge in [0.25, 0.3) is 0 Å². The summed E-state index contributed by atoms with van der Waals surface area (Å²) in [4.78, 5) is 2.29. The summed E-state index contributed by atoms with van der Waals surface area (Å²) in [6.07, 6.45) is 20.6. The van der Waals surface area contributed by atoms with Crippen LogP contribution in [0.3, 0.4) is 0 Å². The van der Waals surface area contributed by atoms with Gasteiger partial charge >= 0.3 is 6.97 Å². The van der Waals surface area contributed by atoms with Gasteiger partial charge in [-0.15, -0.1) is 0 Å². The molecule has 0 aliphatic carbocycles. The van der Waals surface area contributed by atoms with E-state index in [2.05, 4.69) is 11.1 Å². The van der Waals surface area contributed by atoms with Crippen LogP contribution in [0.25, 0.3) is 12.2 Å². The van der Waals surface area contributed by atoms with E-state index in [1.807, 2.05) is 43.4 Å². The van der Waals surface area contributed by atoms with E-state index >= 15 is 0 Å². The van der Waals surface area contributed by atoms with E-state index in [0.29, 0.717) is 17.1 Å². The highest BCUT2D eigenvalue weighted by Gasteiger charge is 2.50. The van der Waals surface area contributed by atoms with E-state index in [9.17, 15) is 8.63 Å². The lowest BCUT2D eigenvalue weighted by Gasteiger charge is -2.29. The van der Waals surface area contributed by atoms with Crippen molar-refractivity contribution in [2.45, 2.75) is 19.8 Å². The monoisotopic (exact) mass is 353 g/mol. The number of halogens is 2. The third-order valence-corrected chi connectivity index (χ3v) is 5.09. The Bertz CT molecular complexity index is 894. The molecule has 1 aromatic rings. The fourth-order valence-corrected chi connectivity index (χ4v) is 3.77. The van der Waals surface area contributed by atoms with Crippen molar-refractivity contribution in [1.29, 1.82) is 0 Å². The molecule has 134 valence electrons. The van der Waals surface area contributed by atoms with Gasteiger partial charge in [-0.25, -0.2) is 0 Å². The summed E-state index contributed by atoms with van der Waals surface area (Å²) >= 11 is 0. The lowest BCUT2D eigenvalue weighted by atomic mass is 9.91. The second-order valence-corrected chi connectivity index (χ2v) is 6.91. The van der Waals surface area contributed by atoms with Gasteiger partial charge in [0.1, 0.15) is 6.21 Å². The SMILES string of the molecule is Cc1cc(/C=C/C=C/C=C/N2CCCC2)n2c1C=C1C=CC=[N+]1[B-]2(F)F. The normalized spacial score (nSPS) is 21.1. The van der Waals surface area contributed by atoms with Gasteiger partial charge < -0.3 is 22.5 Å². The van der Waals surface area contributed by atoms with Crippen LogP contribution < -0.4 is 0 Å². The minimum Gasteiger partial charge on any atom is -0.390 e. The Morgan fingerprint density at radius 3 is 2.69 bits per heavy atom. The number of aromatic nitrogens is 1. The summed E-state index contributed by atoms with van der Waals surface area (Å²) in [5.74, 6) is 0. The first-order chi connectivity index (χ1) is 12.6. The van der Waals surface area contributed by atoms with Gasteiger partial charge in [0, 0.05) is 42.7 Å². The molecule has 0 N–H and O–H groups in total. The molecule has 0 unspecified atom stereocenters. The average molecular weight is 353 g/mol. The number of nitrogens with zero attached hydrogens (tertiary/aromatic N) is 3. The van der Waals surface area contributed by atoms with Crippen LogP contribution in [0, 0.1) is 6.92 Å². The minimum absolute atomic E-state index is 0.520. The molecule has 4 heterocycles. The smallest absolute Gasteiger partial charge is 0.390 e. The molecule has 3 aliphatic heterocycles. The molecule has 1 saturated heterocycles. The third-order valence-electron chi connectivity index (χ3n) is 5.09. The topological polar surface area (TPSA) is 11.2 Å². The quantitative estimate of drug-likeness (QED) is 0.583. The van der Waals surface area contributed by atoms with Crippen molar-refractivity contribution in [3.63, 3.8) is 0 Å². The van der Waals surface area contributed by atoms with Gasteiger partial charge in [-0.1, -0.05) is 18.2 Å². The maximum absolute atomic E-state index is 15.0. The van der Waals surface area contributed by atoms with E-state index < -0.39 is 6.97 Å². The third kappa shape index (κ3) is 2.89. The van der Waals surface area contributed by atoms with Gasteiger partial charge in [0.05, 0.1) is 0 Å². The van der Waals surface area contributed by atoms with Gasteiger partial charge in [-0.3, -0.25) is 0 Å². The summed E-state index contributed by atoms with van der Waals surface area (Å²) in [6.45, 7) is 0.237. The molecule has 0 bridgehead atoms. The Balaban J connectivity index is 1.55. The molecule has 3 aliphatic rings. The average Bonchev–Trinajstić information content (AvgIpc) is 3.32. The lowest BCUT2D eigenvalue weighted by molar-refractivity contribution is -0.355. The fraction of sp³-hybridized carbons (Fsp3) is 0.250. The van der Waals surface area contributed by atoms with Gasteiger partial charge in [-0.2, -0.15) is 0 Å². The van der Waals surface area contributed by atoms with Crippen molar-refractivity contribution < 1.29 is 13.1 Å². The van der Waals surface area contributed by atoms with Crippen LogP contribution >= 0.6 is 0 Å². The van der Waals surface area contributed by atoms with Crippen LogP contribution in [-0.2, 0) is 0 Å². The number of likely N-dealkylation sites (tertiary alicyclic amines) is 1. The molecular formula is C20H22BF2N3. The second kappa shape index (κ2) is 6.59. The first kappa shape index (κ1) is 16.8. The molecule has 0 saturated carbocycles. The van der Waals surface area contributed by atoms with Crippen molar-refractivity contribution in [1.82, 2.24) is 9.38 Å². The van der Waals surface area contributed by atoms with Gasteiger partial charge in [0.15, 0.2) is 5.70 Å². The number of rotatable bonds is 4. The molecule has 0 atom stereocenters. The Labute approximate surface area is 152 Å².